The highest BCUT2D eigenvalue weighted by atomic mass is 19.1. The zero-order chi connectivity index (χ0) is 15.8. The molecule has 0 spiro atoms. The maximum absolute atomic E-state index is 14.2. The molecule has 21 heavy (non-hydrogen) atoms. The van der Waals surface area contributed by atoms with Gasteiger partial charge < -0.3 is 4.74 Å². The van der Waals surface area contributed by atoms with Gasteiger partial charge in [0, 0.05) is 5.41 Å². The number of ether oxygens (including phenoxy) is 1. The Labute approximate surface area is 123 Å². The number of halogens is 1. The van der Waals surface area contributed by atoms with Crippen LogP contribution in [-0.4, -0.2) is 29.1 Å². The molecule has 2 amide bonds. The lowest BCUT2D eigenvalue weighted by Gasteiger charge is -2.27. The highest BCUT2D eigenvalue weighted by molar-refractivity contribution is 5.96. The summed E-state index contributed by atoms with van der Waals surface area (Å²) in [6.45, 7) is 6.55. The molecule has 5 heteroatoms. The molecule has 1 aliphatic heterocycles. The Morgan fingerprint density at radius 1 is 1.29 bits per heavy atom. The van der Waals surface area contributed by atoms with Gasteiger partial charge in [0.05, 0.1) is 6.04 Å². The maximum atomic E-state index is 14.2. The molecule has 0 aromatic heterocycles. The molecule has 1 aliphatic rings. The summed E-state index contributed by atoms with van der Waals surface area (Å²) in [5.74, 6) is -0.835. The summed E-state index contributed by atoms with van der Waals surface area (Å²) in [6.07, 6.45) is -3.09. The fourth-order valence-electron chi connectivity index (χ4n) is 2.34. The van der Waals surface area contributed by atoms with Crippen molar-refractivity contribution in [3.8, 4) is 0 Å². The Kier molecular flexibility index (Phi) is 4.03. The van der Waals surface area contributed by atoms with Crippen LogP contribution in [0.5, 0.6) is 0 Å². The summed E-state index contributed by atoms with van der Waals surface area (Å²) in [6, 6.07) is 8.61. The number of hydrogen-bond donors (Lipinski definition) is 0. The first-order chi connectivity index (χ1) is 9.73. The van der Waals surface area contributed by atoms with Crippen molar-refractivity contribution in [3.63, 3.8) is 0 Å². The Hall–Kier alpha value is -1.91. The van der Waals surface area contributed by atoms with E-state index in [-0.39, 0.29) is 0 Å². The molecule has 1 saturated heterocycles. The van der Waals surface area contributed by atoms with E-state index in [0.29, 0.717) is 0 Å². The van der Waals surface area contributed by atoms with Gasteiger partial charge in [0.2, 0.25) is 0 Å². The second-order valence-corrected chi connectivity index (χ2v) is 6.39. The molecule has 0 unspecified atom stereocenters. The van der Waals surface area contributed by atoms with Crippen molar-refractivity contribution >= 4 is 12.0 Å². The summed E-state index contributed by atoms with van der Waals surface area (Å²) in [4.78, 5) is 25.1. The van der Waals surface area contributed by atoms with E-state index in [9.17, 15) is 14.0 Å². The Morgan fingerprint density at radius 2 is 1.86 bits per heavy atom. The van der Waals surface area contributed by atoms with Gasteiger partial charge >= 0.3 is 6.09 Å². The standard InChI is InChI=1S/C16H20FNO3/c1-10-12(11-8-6-5-7-9-11)21-15(20)18(10)14(19)13(17)16(2,3)4/h5-10,12-13H,1-4H3/t10-,12-,13+/m0/s1. The number of hydrogen-bond acceptors (Lipinski definition) is 3. The van der Waals surface area contributed by atoms with E-state index in [4.69, 9.17) is 4.74 Å². The van der Waals surface area contributed by atoms with E-state index in [1.807, 2.05) is 30.3 Å². The SMILES string of the molecule is C[C@H]1[C@@H](c2ccccc2)OC(=O)N1C(=O)[C@@H](F)C(C)(C)C. The van der Waals surface area contributed by atoms with Crippen LogP contribution in [0.3, 0.4) is 0 Å². The highest BCUT2D eigenvalue weighted by Crippen LogP contribution is 2.34. The van der Waals surface area contributed by atoms with E-state index in [1.165, 1.54) is 0 Å². The second-order valence-electron chi connectivity index (χ2n) is 6.39. The molecule has 114 valence electrons. The van der Waals surface area contributed by atoms with Crippen LogP contribution < -0.4 is 0 Å². The molecule has 1 aromatic rings. The van der Waals surface area contributed by atoms with Crippen molar-refractivity contribution < 1.29 is 18.7 Å². The number of cyclic esters (lactones) is 1. The smallest absolute Gasteiger partial charge is 0.417 e. The topological polar surface area (TPSA) is 46.6 Å². The Morgan fingerprint density at radius 3 is 2.38 bits per heavy atom. The average Bonchev–Trinajstić information content (AvgIpc) is 2.72. The van der Waals surface area contributed by atoms with E-state index >= 15 is 0 Å². The normalized spacial score (nSPS) is 23.9. The number of imide groups is 1. The predicted molar refractivity (Wildman–Crippen MR) is 76.3 cm³/mol. The number of rotatable bonds is 2. The first-order valence-electron chi connectivity index (χ1n) is 6.96. The molecule has 0 saturated carbocycles. The lowest BCUT2D eigenvalue weighted by Crippen LogP contribution is -2.46. The summed E-state index contributed by atoms with van der Waals surface area (Å²) in [7, 11) is 0. The quantitative estimate of drug-likeness (QED) is 0.838. The molecule has 1 fully saturated rings. The molecule has 0 aliphatic carbocycles. The second kappa shape index (κ2) is 5.47. The van der Waals surface area contributed by atoms with Gasteiger partial charge in [-0.05, 0) is 12.5 Å². The van der Waals surface area contributed by atoms with Crippen molar-refractivity contribution in [1.82, 2.24) is 4.90 Å². The minimum atomic E-state index is -1.75. The molecule has 0 radical (unpaired) electrons. The van der Waals surface area contributed by atoms with Gasteiger partial charge in [0.1, 0.15) is 6.10 Å². The van der Waals surface area contributed by atoms with Crippen LogP contribution in [0.15, 0.2) is 30.3 Å². The fraction of sp³-hybridized carbons (Fsp3) is 0.500. The number of carbonyl (C=O) groups is 2. The maximum Gasteiger partial charge on any atom is 0.417 e. The molecular formula is C16H20FNO3. The first-order valence-corrected chi connectivity index (χ1v) is 6.96. The summed E-state index contributed by atoms with van der Waals surface area (Å²) < 4.78 is 19.5. The van der Waals surface area contributed by atoms with Crippen LogP contribution in [0, 0.1) is 5.41 Å². The Balaban J connectivity index is 2.23. The third-order valence-electron chi connectivity index (χ3n) is 3.61. The predicted octanol–water partition coefficient (Wildman–Crippen LogP) is 3.48. The molecule has 4 nitrogen and oxygen atoms in total. The van der Waals surface area contributed by atoms with Crippen molar-refractivity contribution in [3.05, 3.63) is 35.9 Å². The van der Waals surface area contributed by atoms with Gasteiger partial charge in [-0.1, -0.05) is 51.1 Å². The third kappa shape index (κ3) is 2.91. The average molecular weight is 293 g/mol. The molecule has 1 heterocycles. The largest absolute Gasteiger partial charge is 0.439 e. The zero-order valence-corrected chi connectivity index (χ0v) is 12.7. The van der Waals surface area contributed by atoms with Crippen molar-refractivity contribution in [2.45, 2.75) is 46.0 Å². The van der Waals surface area contributed by atoms with Crippen LogP contribution >= 0.6 is 0 Å². The van der Waals surface area contributed by atoms with Gasteiger partial charge in [-0.2, -0.15) is 0 Å². The van der Waals surface area contributed by atoms with E-state index < -0.39 is 35.7 Å². The minimum Gasteiger partial charge on any atom is -0.439 e. The van der Waals surface area contributed by atoms with Gasteiger partial charge in [-0.25, -0.2) is 14.1 Å². The molecule has 1 aromatic carbocycles. The van der Waals surface area contributed by atoms with Gasteiger partial charge in [0.25, 0.3) is 5.91 Å². The summed E-state index contributed by atoms with van der Waals surface area (Å²) in [5.41, 5.74) is -0.0677. The van der Waals surface area contributed by atoms with Crippen molar-refractivity contribution in [2.75, 3.05) is 0 Å². The van der Waals surface area contributed by atoms with E-state index in [2.05, 4.69) is 0 Å². The summed E-state index contributed by atoms with van der Waals surface area (Å²) >= 11 is 0. The van der Waals surface area contributed by atoms with Gasteiger partial charge in [-0.15, -0.1) is 0 Å². The van der Waals surface area contributed by atoms with Crippen LogP contribution in [0.25, 0.3) is 0 Å². The minimum absolute atomic E-state index is 0.534. The van der Waals surface area contributed by atoms with Crippen LogP contribution in [0.4, 0.5) is 9.18 Å². The zero-order valence-electron chi connectivity index (χ0n) is 12.7. The van der Waals surface area contributed by atoms with Crippen molar-refractivity contribution in [2.24, 2.45) is 5.41 Å². The lowest BCUT2D eigenvalue weighted by molar-refractivity contribution is -0.138. The van der Waals surface area contributed by atoms with Crippen LogP contribution in [0.1, 0.15) is 39.4 Å². The number of benzene rings is 1. The Bertz CT molecular complexity index is 538. The molecule has 0 bridgehead atoms. The fourth-order valence-corrected chi connectivity index (χ4v) is 2.34. The van der Waals surface area contributed by atoms with E-state index in [0.717, 1.165) is 10.5 Å². The number of alkyl halides is 1. The number of nitrogens with zero attached hydrogens (tertiary/aromatic N) is 1. The van der Waals surface area contributed by atoms with Gasteiger partial charge in [-0.3, -0.25) is 4.79 Å². The molecular weight excluding hydrogens is 273 g/mol. The molecule has 0 N–H and O–H groups in total. The molecule has 2 rings (SSSR count). The van der Waals surface area contributed by atoms with Gasteiger partial charge in [0.15, 0.2) is 6.17 Å². The number of carbonyl (C=O) groups excluding carboxylic acids is 2. The monoisotopic (exact) mass is 293 g/mol. The first kappa shape index (κ1) is 15.5. The molecule has 3 atom stereocenters. The van der Waals surface area contributed by atoms with Crippen molar-refractivity contribution in [1.29, 1.82) is 0 Å². The highest BCUT2D eigenvalue weighted by Gasteiger charge is 2.47. The third-order valence-corrected chi connectivity index (χ3v) is 3.61. The lowest BCUT2D eigenvalue weighted by atomic mass is 9.89. The van der Waals surface area contributed by atoms with Crippen LogP contribution in [-0.2, 0) is 9.53 Å². The van der Waals surface area contributed by atoms with Crippen LogP contribution in [0.2, 0.25) is 0 Å². The van der Waals surface area contributed by atoms with E-state index in [1.54, 1.807) is 27.7 Å². The number of amides is 2. The summed E-state index contributed by atoms with van der Waals surface area (Å²) in [5, 5.41) is 0.